The lowest BCUT2D eigenvalue weighted by Crippen LogP contribution is -2.46. The lowest BCUT2D eigenvalue weighted by Gasteiger charge is -2.31. The molecule has 0 unspecified atom stereocenters. The van der Waals surface area contributed by atoms with E-state index in [0.717, 1.165) is 5.56 Å². The Kier molecular flexibility index (Phi) is 8.31. The fourth-order valence-electron chi connectivity index (χ4n) is 2.83. The highest BCUT2D eigenvalue weighted by Crippen LogP contribution is 2.37. The quantitative estimate of drug-likeness (QED) is 0.414. The van der Waals surface area contributed by atoms with Crippen molar-refractivity contribution in [1.82, 2.24) is 20.4 Å². The molecule has 138 valence electrons. The third kappa shape index (κ3) is 6.48. The van der Waals surface area contributed by atoms with Crippen molar-refractivity contribution in [3.8, 4) is 0 Å². The molecule has 0 aliphatic heterocycles. The van der Waals surface area contributed by atoms with Gasteiger partial charge in [0.1, 0.15) is 0 Å². The van der Waals surface area contributed by atoms with Crippen LogP contribution in [-0.4, -0.2) is 41.6 Å². The van der Waals surface area contributed by atoms with Gasteiger partial charge in [-0.1, -0.05) is 0 Å². The number of nitrogens with one attached hydrogen (secondary N) is 2. The molecule has 1 aromatic heterocycles. The number of halogens is 4. The van der Waals surface area contributed by atoms with Crippen LogP contribution in [0.25, 0.3) is 0 Å². The molecule has 0 spiro atoms. The molecule has 0 amide bonds. The summed E-state index contributed by atoms with van der Waals surface area (Å²) in [6.07, 6.45) is 1.09. The summed E-state index contributed by atoms with van der Waals surface area (Å²) < 4.78 is 39.8. The lowest BCUT2D eigenvalue weighted by atomic mass is 9.85. The third-order valence-corrected chi connectivity index (χ3v) is 4.15. The molecule has 0 saturated heterocycles. The van der Waals surface area contributed by atoms with E-state index in [1.807, 2.05) is 17.8 Å². The maximum absolute atomic E-state index is 12.7. The molecule has 24 heavy (non-hydrogen) atoms. The van der Waals surface area contributed by atoms with E-state index in [1.165, 1.54) is 0 Å². The van der Waals surface area contributed by atoms with Gasteiger partial charge in [-0.25, -0.2) is 0 Å². The number of guanidine groups is 1. The minimum Gasteiger partial charge on any atom is -0.355 e. The van der Waals surface area contributed by atoms with Crippen molar-refractivity contribution in [2.75, 3.05) is 13.6 Å². The van der Waals surface area contributed by atoms with Crippen LogP contribution in [0.1, 0.15) is 31.2 Å². The van der Waals surface area contributed by atoms with Gasteiger partial charge in [-0.2, -0.15) is 18.3 Å². The van der Waals surface area contributed by atoms with Crippen molar-refractivity contribution in [1.29, 1.82) is 0 Å². The van der Waals surface area contributed by atoms with E-state index in [2.05, 4.69) is 20.7 Å². The number of hydrogen-bond acceptors (Lipinski definition) is 2. The number of alkyl halides is 3. The molecule has 0 radical (unpaired) electrons. The molecule has 2 N–H and O–H groups in total. The highest BCUT2D eigenvalue weighted by Gasteiger charge is 2.41. The molecule has 1 heterocycles. The minimum absolute atomic E-state index is 0. The Balaban J connectivity index is 0.00000288. The van der Waals surface area contributed by atoms with Gasteiger partial charge in [-0.3, -0.25) is 9.67 Å². The van der Waals surface area contributed by atoms with Crippen LogP contribution in [0, 0.1) is 12.8 Å². The van der Waals surface area contributed by atoms with Crippen molar-refractivity contribution in [2.45, 2.75) is 51.4 Å². The Bertz CT molecular complexity index is 521. The number of rotatable bonds is 4. The zero-order valence-electron chi connectivity index (χ0n) is 13.9. The van der Waals surface area contributed by atoms with E-state index in [1.54, 1.807) is 13.2 Å². The SMILES string of the molecule is CN=C(NCCn1cc(C)cn1)NC1CCC(C(F)(F)F)CC1.I. The Morgan fingerprint density at radius 2 is 2.00 bits per heavy atom. The summed E-state index contributed by atoms with van der Waals surface area (Å²) >= 11 is 0. The second-order valence-electron chi connectivity index (χ2n) is 6.01. The van der Waals surface area contributed by atoms with Crippen molar-refractivity contribution in [3.63, 3.8) is 0 Å². The first kappa shape index (κ1) is 21.0. The molecule has 1 aliphatic rings. The van der Waals surface area contributed by atoms with Crippen molar-refractivity contribution in [3.05, 3.63) is 18.0 Å². The summed E-state index contributed by atoms with van der Waals surface area (Å²) in [5, 5.41) is 10.6. The van der Waals surface area contributed by atoms with Gasteiger partial charge in [0.2, 0.25) is 0 Å². The van der Waals surface area contributed by atoms with E-state index in [4.69, 9.17) is 0 Å². The Morgan fingerprint density at radius 3 is 2.50 bits per heavy atom. The van der Waals surface area contributed by atoms with Crippen LogP contribution in [0.4, 0.5) is 13.2 Å². The molecular weight excluding hydrogens is 434 g/mol. The fourth-order valence-corrected chi connectivity index (χ4v) is 2.83. The maximum Gasteiger partial charge on any atom is 0.391 e. The molecule has 0 bridgehead atoms. The van der Waals surface area contributed by atoms with Crippen molar-refractivity contribution >= 4 is 29.9 Å². The first-order chi connectivity index (χ1) is 10.9. The molecule has 2 rings (SSSR count). The van der Waals surface area contributed by atoms with Gasteiger partial charge >= 0.3 is 6.18 Å². The average molecular weight is 459 g/mol. The molecule has 0 atom stereocenters. The molecule has 1 aromatic rings. The summed E-state index contributed by atoms with van der Waals surface area (Å²) in [5.74, 6) is -0.525. The lowest BCUT2D eigenvalue weighted by molar-refractivity contribution is -0.182. The molecule has 0 aromatic carbocycles. The molecule has 5 nitrogen and oxygen atoms in total. The Morgan fingerprint density at radius 1 is 1.33 bits per heavy atom. The predicted octanol–water partition coefficient (Wildman–Crippen LogP) is 3.10. The topological polar surface area (TPSA) is 54.2 Å². The monoisotopic (exact) mass is 459 g/mol. The highest BCUT2D eigenvalue weighted by atomic mass is 127. The van der Waals surface area contributed by atoms with Crippen LogP contribution < -0.4 is 10.6 Å². The van der Waals surface area contributed by atoms with Crippen molar-refractivity contribution < 1.29 is 13.2 Å². The zero-order chi connectivity index (χ0) is 16.9. The number of hydrogen-bond donors (Lipinski definition) is 2. The van der Waals surface area contributed by atoms with Crippen LogP contribution in [-0.2, 0) is 6.54 Å². The van der Waals surface area contributed by atoms with Gasteiger partial charge < -0.3 is 10.6 Å². The highest BCUT2D eigenvalue weighted by molar-refractivity contribution is 14.0. The number of aromatic nitrogens is 2. The van der Waals surface area contributed by atoms with Gasteiger partial charge in [-0.05, 0) is 38.2 Å². The number of aliphatic imine (C=N–C) groups is 1. The van der Waals surface area contributed by atoms with E-state index in [-0.39, 0.29) is 42.9 Å². The van der Waals surface area contributed by atoms with Gasteiger partial charge in [-0.15, -0.1) is 24.0 Å². The largest absolute Gasteiger partial charge is 0.391 e. The molecule has 1 aliphatic carbocycles. The number of nitrogens with zero attached hydrogens (tertiary/aromatic N) is 3. The van der Waals surface area contributed by atoms with Crippen LogP contribution in [0.2, 0.25) is 0 Å². The molecule has 9 heteroatoms. The zero-order valence-corrected chi connectivity index (χ0v) is 16.3. The van der Waals surface area contributed by atoms with Crippen LogP contribution in [0.15, 0.2) is 17.4 Å². The summed E-state index contributed by atoms with van der Waals surface area (Å²) in [7, 11) is 1.66. The summed E-state index contributed by atoms with van der Waals surface area (Å²) in [4.78, 5) is 4.13. The summed E-state index contributed by atoms with van der Waals surface area (Å²) in [5.41, 5.74) is 1.11. The molecule has 1 saturated carbocycles. The van der Waals surface area contributed by atoms with Crippen LogP contribution in [0.5, 0.6) is 0 Å². The second kappa shape index (κ2) is 9.47. The summed E-state index contributed by atoms with van der Waals surface area (Å²) in [6, 6.07) is 0.0479. The van der Waals surface area contributed by atoms with E-state index < -0.39 is 12.1 Å². The molecular formula is C15H25F3IN5. The van der Waals surface area contributed by atoms with E-state index in [9.17, 15) is 13.2 Å². The normalized spacial score (nSPS) is 22.0. The van der Waals surface area contributed by atoms with Gasteiger partial charge in [0.15, 0.2) is 5.96 Å². The third-order valence-electron chi connectivity index (χ3n) is 4.15. The van der Waals surface area contributed by atoms with Crippen LogP contribution >= 0.6 is 24.0 Å². The molecule has 1 fully saturated rings. The average Bonchev–Trinajstić information content (AvgIpc) is 2.91. The second-order valence-corrected chi connectivity index (χ2v) is 6.01. The maximum atomic E-state index is 12.7. The number of aryl methyl sites for hydroxylation is 1. The fraction of sp³-hybridized carbons (Fsp3) is 0.733. The summed E-state index contributed by atoms with van der Waals surface area (Å²) in [6.45, 7) is 3.34. The Labute approximate surface area is 157 Å². The van der Waals surface area contributed by atoms with Gasteiger partial charge in [0, 0.05) is 25.8 Å². The first-order valence-electron chi connectivity index (χ1n) is 7.91. The first-order valence-corrected chi connectivity index (χ1v) is 7.91. The van der Waals surface area contributed by atoms with Gasteiger partial charge in [0.05, 0.1) is 18.7 Å². The smallest absolute Gasteiger partial charge is 0.355 e. The van der Waals surface area contributed by atoms with Gasteiger partial charge in [0.25, 0.3) is 0 Å². The van der Waals surface area contributed by atoms with Crippen molar-refractivity contribution in [2.24, 2.45) is 10.9 Å². The van der Waals surface area contributed by atoms with E-state index in [0.29, 0.717) is 31.9 Å². The Hall–Kier alpha value is -1.00. The predicted molar refractivity (Wildman–Crippen MR) is 98.7 cm³/mol. The van der Waals surface area contributed by atoms with Crippen LogP contribution in [0.3, 0.4) is 0 Å². The standard InChI is InChI=1S/C15H24F3N5.HI/c1-11-9-21-23(10-11)8-7-20-14(19-2)22-13-5-3-12(4-6-13)15(16,17)18;/h9-10,12-13H,3-8H2,1-2H3,(H2,19,20,22);1H. The van der Waals surface area contributed by atoms with E-state index >= 15 is 0 Å². The minimum atomic E-state index is -4.06.